The molecule has 2 amide bonds. The van der Waals surface area contributed by atoms with E-state index in [4.69, 9.17) is 4.42 Å². The average molecular weight is 270 g/mol. The van der Waals surface area contributed by atoms with Crippen LogP contribution in [0.2, 0.25) is 0 Å². The molecule has 3 aromatic rings. The van der Waals surface area contributed by atoms with Crippen molar-refractivity contribution in [3.8, 4) is 0 Å². The van der Waals surface area contributed by atoms with Gasteiger partial charge in [-0.05, 0) is 18.2 Å². The molecule has 2 aromatic heterocycles. The molecule has 0 aliphatic carbocycles. The van der Waals surface area contributed by atoms with Gasteiger partial charge in [-0.1, -0.05) is 18.2 Å². The number of aromatic amines is 1. The molecule has 0 aliphatic heterocycles. The topological polar surface area (TPSA) is 100 Å². The third-order valence-corrected chi connectivity index (χ3v) is 2.72. The molecule has 1 aromatic carbocycles. The third-order valence-electron chi connectivity index (χ3n) is 2.72. The van der Waals surface area contributed by atoms with Gasteiger partial charge < -0.3 is 4.42 Å². The molecule has 0 unspecified atom stereocenters. The Balaban J connectivity index is 1.72. The molecule has 3 rings (SSSR count). The van der Waals surface area contributed by atoms with Gasteiger partial charge in [0.05, 0.1) is 11.8 Å². The monoisotopic (exact) mass is 270 g/mol. The number of carbonyl (C=O) groups excluding carboxylic acids is 2. The van der Waals surface area contributed by atoms with E-state index in [2.05, 4.69) is 21.0 Å². The maximum atomic E-state index is 12.0. The molecular formula is C13H10N4O3. The van der Waals surface area contributed by atoms with Crippen molar-refractivity contribution in [2.45, 2.75) is 0 Å². The fraction of sp³-hybridized carbons (Fsp3) is 0. The highest BCUT2D eigenvalue weighted by Crippen LogP contribution is 2.14. The minimum Gasteiger partial charge on any atom is -0.459 e. The Labute approximate surface area is 112 Å². The van der Waals surface area contributed by atoms with Crippen molar-refractivity contribution in [2.75, 3.05) is 0 Å². The molecular weight excluding hydrogens is 260 g/mol. The number of aromatic nitrogens is 2. The van der Waals surface area contributed by atoms with Crippen molar-refractivity contribution in [1.29, 1.82) is 0 Å². The Bertz CT molecular complexity index is 761. The number of fused-ring (bicyclic) bond motifs is 1. The predicted molar refractivity (Wildman–Crippen MR) is 69.7 cm³/mol. The number of para-hydroxylation sites is 1. The quantitative estimate of drug-likeness (QED) is 0.610. The van der Waals surface area contributed by atoms with Crippen LogP contribution < -0.4 is 10.9 Å². The van der Waals surface area contributed by atoms with Gasteiger partial charge in [0.1, 0.15) is 0 Å². The molecule has 0 saturated heterocycles. The lowest BCUT2D eigenvalue weighted by molar-refractivity contribution is 0.0829. The number of hydrogen-bond acceptors (Lipinski definition) is 4. The SMILES string of the molecule is O=C(NNC(=O)c1n[nH]c2ccccc12)c1ccco1. The summed E-state index contributed by atoms with van der Waals surface area (Å²) in [6.07, 6.45) is 1.37. The van der Waals surface area contributed by atoms with Crippen LogP contribution in [0.1, 0.15) is 21.0 Å². The summed E-state index contributed by atoms with van der Waals surface area (Å²) in [5.41, 5.74) is 5.49. The van der Waals surface area contributed by atoms with Crippen LogP contribution in [-0.2, 0) is 0 Å². The van der Waals surface area contributed by atoms with Crippen LogP contribution in [0.3, 0.4) is 0 Å². The van der Waals surface area contributed by atoms with Crippen molar-refractivity contribution in [2.24, 2.45) is 0 Å². The van der Waals surface area contributed by atoms with Crippen LogP contribution in [0.15, 0.2) is 47.1 Å². The first-order valence-electron chi connectivity index (χ1n) is 5.83. The highest BCUT2D eigenvalue weighted by Gasteiger charge is 2.15. The van der Waals surface area contributed by atoms with Crippen LogP contribution in [-0.4, -0.2) is 22.0 Å². The second-order valence-electron chi connectivity index (χ2n) is 4.00. The Morgan fingerprint density at radius 3 is 2.65 bits per heavy atom. The molecule has 0 atom stereocenters. The Morgan fingerprint density at radius 1 is 1.05 bits per heavy atom. The fourth-order valence-corrected chi connectivity index (χ4v) is 1.78. The number of amides is 2. The summed E-state index contributed by atoms with van der Waals surface area (Å²) in [5.74, 6) is -0.942. The minimum absolute atomic E-state index is 0.109. The molecule has 0 aliphatic rings. The van der Waals surface area contributed by atoms with E-state index in [9.17, 15) is 9.59 Å². The van der Waals surface area contributed by atoms with Crippen molar-refractivity contribution >= 4 is 22.7 Å². The van der Waals surface area contributed by atoms with E-state index in [1.165, 1.54) is 12.3 Å². The molecule has 0 spiro atoms. The van der Waals surface area contributed by atoms with Gasteiger partial charge in [0.25, 0.3) is 5.91 Å². The lowest BCUT2D eigenvalue weighted by Crippen LogP contribution is -2.41. The number of carbonyl (C=O) groups is 2. The van der Waals surface area contributed by atoms with E-state index < -0.39 is 11.8 Å². The Hall–Kier alpha value is -3.09. The maximum absolute atomic E-state index is 12.0. The maximum Gasteiger partial charge on any atom is 0.305 e. The molecule has 20 heavy (non-hydrogen) atoms. The first kappa shape index (κ1) is 12.0. The van der Waals surface area contributed by atoms with E-state index in [1.54, 1.807) is 24.3 Å². The van der Waals surface area contributed by atoms with Crippen molar-refractivity contribution in [3.63, 3.8) is 0 Å². The average Bonchev–Trinajstić information content (AvgIpc) is 3.13. The van der Waals surface area contributed by atoms with Gasteiger partial charge in [0.15, 0.2) is 11.5 Å². The number of rotatable bonds is 2. The Morgan fingerprint density at radius 2 is 1.85 bits per heavy atom. The second-order valence-corrected chi connectivity index (χ2v) is 4.00. The number of hydrogen-bond donors (Lipinski definition) is 3. The second kappa shape index (κ2) is 4.88. The number of H-pyrrole nitrogens is 1. The van der Waals surface area contributed by atoms with Gasteiger partial charge in [-0.15, -0.1) is 0 Å². The molecule has 100 valence electrons. The van der Waals surface area contributed by atoms with Crippen LogP contribution in [0, 0.1) is 0 Å². The lowest BCUT2D eigenvalue weighted by Gasteiger charge is -2.03. The Kier molecular flexibility index (Phi) is 2.92. The standard InChI is InChI=1S/C13H10N4O3/c18-12(10-6-3-7-20-10)16-17-13(19)11-8-4-1-2-5-9(8)14-15-11/h1-7H,(H,14,15)(H,16,18)(H,17,19). The molecule has 0 fully saturated rings. The van der Waals surface area contributed by atoms with Crippen molar-refractivity contribution in [3.05, 3.63) is 54.1 Å². The van der Waals surface area contributed by atoms with E-state index in [0.717, 1.165) is 5.52 Å². The van der Waals surface area contributed by atoms with Gasteiger partial charge in [-0.25, -0.2) is 0 Å². The van der Waals surface area contributed by atoms with Gasteiger partial charge >= 0.3 is 5.91 Å². The normalized spacial score (nSPS) is 10.4. The van der Waals surface area contributed by atoms with Crippen molar-refractivity contribution in [1.82, 2.24) is 21.0 Å². The molecule has 2 heterocycles. The zero-order chi connectivity index (χ0) is 13.9. The van der Waals surface area contributed by atoms with E-state index >= 15 is 0 Å². The summed E-state index contributed by atoms with van der Waals surface area (Å²) in [4.78, 5) is 23.6. The van der Waals surface area contributed by atoms with E-state index in [0.29, 0.717) is 5.39 Å². The number of nitrogens with one attached hydrogen (secondary N) is 3. The van der Waals surface area contributed by atoms with Gasteiger partial charge in [-0.2, -0.15) is 5.10 Å². The lowest BCUT2D eigenvalue weighted by atomic mass is 10.2. The summed E-state index contributed by atoms with van der Waals surface area (Å²) < 4.78 is 4.90. The number of benzene rings is 1. The van der Waals surface area contributed by atoms with Gasteiger partial charge in [0.2, 0.25) is 0 Å². The summed E-state index contributed by atoms with van der Waals surface area (Å²) in [5, 5.41) is 7.34. The summed E-state index contributed by atoms with van der Waals surface area (Å²) >= 11 is 0. The molecule has 0 radical (unpaired) electrons. The van der Waals surface area contributed by atoms with E-state index in [1.807, 2.05) is 6.07 Å². The van der Waals surface area contributed by atoms with Gasteiger partial charge in [-0.3, -0.25) is 25.5 Å². The van der Waals surface area contributed by atoms with Crippen LogP contribution in [0.5, 0.6) is 0 Å². The zero-order valence-electron chi connectivity index (χ0n) is 10.2. The largest absolute Gasteiger partial charge is 0.459 e. The molecule has 7 nitrogen and oxygen atoms in total. The number of furan rings is 1. The van der Waals surface area contributed by atoms with E-state index in [-0.39, 0.29) is 11.5 Å². The van der Waals surface area contributed by atoms with Crippen LogP contribution >= 0.6 is 0 Å². The smallest absolute Gasteiger partial charge is 0.305 e. The summed E-state index contributed by atoms with van der Waals surface area (Å²) in [6.45, 7) is 0. The van der Waals surface area contributed by atoms with Crippen LogP contribution in [0.4, 0.5) is 0 Å². The van der Waals surface area contributed by atoms with Crippen molar-refractivity contribution < 1.29 is 14.0 Å². The fourth-order valence-electron chi connectivity index (χ4n) is 1.78. The molecule has 3 N–H and O–H groups in total. The molecule has 0 saturated carbocycles. The predicted octanol–water partition coefficient (Wildman–Crippen LogP) is 1.23. The minimum atomic E-state index is -0.539. The summed E-state index contributed by atoms with van der Waals surface area (Å²) in [7, 11) is 0. The molecule has 0 bridgehead atoms. The number of nitrogens with zero attached hydrogens (tertiary/aromatic N) is 1. The first-order valence-corrected chi connectivity index (χ1v) is 5.83. The third kappa shape index (κ3) is 2.12. The zero-order valence-corrected chi connectivity index (χ0v) is 10.2. The molecule has 7 heteroatoms. The first-order chi connectivity index (χ1) is 9.75. The van der Waals surface area contributed by atoms with Gasteiger partial charge in [0, 0.05) is 5.39 Å². The number of hydrazine groups is 1. The summed E-state index contributed by atoms with van der Waals surface area (Å²) in [6, 6.07) is 10.3. The highest BCUT2D eigenvalue weighted by molar-refractivity contribution is 6.05. The van der Waals surface area contributed by atoms with Crippen LogP contribution in [0.25, 0.3) is 10.9 Å². The highest BCUT2D eigenvalue weighted by atomic mass is 16.3.